The standard InChI is InChI=1S/C13H17N5OS.ClH/c19-13(15-10-3-1-5-14-7-10)12-9-18(17-16-12)8-11-4-2-6-20-11;/h2,4,6,9-10,14H,1,3,5,7-8H2,(H,15,19);1H/t10-;/m0./s1. The second kappa shape index (κ2) is 7.53. The molecule has 0 radical (unpaired) electrons. The highest BCUT2D eigenvalue weighted by molar-refractivity contribution is 7.09. The van der Waals surface area contributed by atoms with Crippen molar-refractivity contribution in [1.29, 1.82) is 0 Å². The van der Waals surface area contributed by atoms with Gasteiger partial charge < -0.3 is 10.6 Å². The predicted molar refractivity (Wildman–Crippen MR) is 84.0 cm³/mol. The van der Waals surface area contributed by atoms with E-state index < -0.39 is 0 Å². The summed E-state index contributed by atoms with van der Waals surface area (Å²) in [6, 6.07) is 4.24. The van der Waals surface area contributed by atoms with Crippen molar-refractivity contribution in [3.05, 3.63) is 34.3 Å². The number of hydrogen-bond donors (Lipinski definition) is 2. The number of hydrogen-bond acceptors (Lipinski definition) is 5. The van der Waals surface area contributed by atoms with Crippen molar-refractivity contribution < 1.29 is 4.79 Å². The zero-order valence-corrected chi connectivity index (χ0v) is 13.1. The van der Waals surface area contributed by atoms with Crippen LogP contribution in [0.4, 0.5) is 0 Å². The fourth-order valence-corrected chi connectivity index (χ4v) is 2.97. The number of rotatable bonds is 4. The van der Waals surface area contributed by atoms with Crippen LogP contribution in [0, 0.1) is 0 Å². The van der Waals surface area contributed by atoms with E-state index in [4.69, 9.17) is 0 Å². The van der Waals surface area contributed by atoms with Gasteiger partial charge >= 0.3 is 0 Å². The summed E-state index contributed by atoms with van der Waals surface area (Å²) in [6.45, 7) is 2.52. The Morgan fingerprint density at radius 1 is 1.57 bits per heavy atom. The average Bonchev–Trinajstić information content (AvgIpc) is 3.12. The summed E-state index contributed by atoms with van der Waals surface area (Å²) in [5, 5.41) is 16.2. The van der Waals surface area contributed by atoms with Crippen LogP contribution in [0.25, 0.3) is 0 Å². The molecule has 8 heteroatoms. The second-order valence-corrected chi connectivity index (χ2v) is 5.93. The van der Waals surface area contributed by atoms with Crippen molar-refractivity contribution in [2.75, 3.05) is 13.1 Å². The third kappa shape index (κ3) is 4.26. The molecule has 0 saturated carbocycles. The number of carbonyl (C=O) groups is 1. The number of carbonyl (C=O) groups excluding carboxylic acids is 1. The van der Waals surface area contributed by atoms with Crippen LogP contribution >= 0.6 is 23.7 Å². The van der Waals surface area contributed by atoms with E-state index in [0.29, 0.717) is 12.2 Å². The van der Waals surface area contributed by atoms with Crippen LogP contribution in [-0.2, 0) is 6.54 Å². The molecule has 3 heterocycles. The van der Waals surface area contributed by atoms with Gasteiger partial charge in [0, 0.05) is 17.5 Å². The SMILES string of the molecule is Cl.O=C(N[C@H]1CCCNC1)c1cn(Cc2cccs2)nn1. The van der Waals surface area contributed by atoms with Gasteiger partial charge in [0.2, 0.25) is 0 Å². The van der Waals surface area contributed by atoms with Crippen molar-refractivity contribution >= 4 is 29.7 Å². The number of thiophene rings is 1. The Labute approximate surface area is 133 Å². The molecule has 6 nitrogen and oxygen atoms in total. The van der Waals surface area contributed by atoms with Crippen molar-refractivity contribution in [3.63, 3.8) is 0 Å². The topological polar surface area (TPSA) is 71.8 Å². The molecule has 1 atom stereocenters. The Morgan fingerprint density at radius 2 is 2.48 bits per heavy atom. The lowest BCUT2D eigenvalue weighted by Gasteiger charge is -2.23. The fraction of sp³-hybridized carbons (Fsp3) is 0.462. The first kappa shape index (κ1) is 15.9. The summed E-state index contributed by atoms with van der Waals surface area (Å²) in [7, 11) is 0. The first-order valence-corrected chi connectivity index (χ1v) is 7.63. The van der Waals surface area contributed by atoms with E-state index in [0.717, 1.165) is 25.9 Å². The summed E-state index contributed by atoms with van der Waals surface area (Å²) in [4.78, 5) is 13.3. The number of nitrogens with zero attached hydrogens (tertiary/aromatic N) is 3. The number of halogens is 1. The minimum atomic E-state index is -0.142. The molecule has 0 bridgehead atoms. The summed E-state index contributed by atoms with van der Waals surface area (Å²) >= 11 is 1.67. The summed E-state index contributed by atoms with van der Waals surface area (Å²) in [5.41, 5.74) is 0.382. The van der Waals surface area contributed by atoms with Gasteiger partial charge in [-0.15, -0.1) is 28.8 Å². The van der Waals surface area contributed by atoms with Gasteiger partial charge in [0.15, 0.2) is 5.69 Å². The summed E-state index contributed by atoms with van der Waals surface area (Å²) in [6.07, 6.45) is 3.81. The highest BCUT2D eigenvalue weighted by atomic mass is 35.5. The van der Waals surface area contributed by atoms with Crippen molar-refractivity contribution in [2.24, 2.45) is 0 Å². The summed E-state index contributed by atoms with van der Waals surface area (Å²) < 4.78 is 1.69. The molecule has 21 heavy (non-hydrogen) atoms. The third-order valence-electron chi connectivity index (χ3n) is 3.30. The quantitative estimate of drug-likeness (QED) is 0.887. The van der Waals surface area contributed by atoms with E-state index >= 15 is 0 Å². The summed E-state index contributed by atoms with van der Waals surface area (Å²) in [5.74, 6) is -0.142. The molecule has 0 aromatic carbocycles. The van der Waals surface area contributed by atoms with Gasteiger partial charge in [-0.2, -0.15) is 0 Å². The van der Waals surface area contributed by atoms with Gasteiger partial charge in [-0.25, -0.2) is 4.68 Å². The zero-order chi connectivity index (χ0) is 13.8. The monoisotopic (exact) mass is 327 g/mol. The Bertz CT molecular complexity index is 565. The van der Waals surface area contributed by atoms with Gasteiger partial charge in [-0.1, -0.05) is 11.3 Å². The Morgan fingerprint density at radius 3 is 3.19 bits per heavy atom. The molecule has 2 aromatic heterocycles. The van der Waals surface area contributed by atoms with E-state index in [1.165, 1.54) is 4.88 Å². The maximum absolute atomic E-state index is 12.1. The number of nitrogens with one attached hydrogen (secondary N) is 2. The maximum atomic E-state index is 12.1. The highest BCUT2D eigenvalue weighted by Gasteiger charge is 2.18. The van der Waals surface area contributed by atoms with Crippen molar-refractivity contribution in [2.45, 2.75) is 25.4 Å². The number of amides is 1. The van der Waals surface area contributed by atoms with Gasteiger partial charge in [0.25, 0.3) is 5.91 Å². The van der Waals surface area contributed by atoms with Gasteiger partial charge in [-0.3, -0.25) is 4.79 Å². The molecule has 1 saturated heterocycles. The van der Waals surface area contributed by atoms with E-state index in [2.05, 4.69) is 20.9 Å². The normalized spacial score (nSPS) is 18.0. The third-order valence-corrected chi connectivity index (χ3v) is 4.16. The smallest absolute Gasteiger partial charge is 0.273 e. The molecule has 1 fully saturated rings. The van der Waals surface area contributed by atoms with Crippen molar-refractivity contribution in [1.82, 2.24) is 25.6 Å². The van der Waals surface area contributed by atoms with Crippen LogP contribution in [0.5, 0.6) is 0 Å². The number of piperidine rings is 1. The first-order valence-electron chi connectivity index (χ1n) is 6.75. The Hall–Kier alpha value is -1.44. The molecule has 0 unspecified atom stereocenters. The molecule has 1 aliphatic rings. The van der Waals surface area contributed by atoms with E-state index in [1.54, 1.807) is 22.2 Å². The zero-order valence-electron chi connectivity index (χ0n) is 11.5. The molecule has 2 aromatic rings. The van der Waals surface area contributed by atoms with Gasteiger partial charge in [0.05, 0.1) is 12.7 Å². The molecule has 1 amide bonds. The van der Waals surface area contributed by atoms with Crippen LogP contribution in [0.15, 0.2) is 23.7 Å². The molecular formula is C13H18ClN5OS. The van der Waals surface area contributed by atoms with Crippen LogP contribution in [0.1, 0.15) is 28.2 Å². The Kier molecular flexibility index (Phi) is 5.72. The molecule has 1 aliphatic heterocycles. The largest absolute Gasteiger partial charge is 0.347 e. The minimum absolute atomic E-state index is 0. The molecular weight excluding hydrogens is 310 g/mol. The van der Waals surface area contributed by atoms with Crippen molar-refractivity contribution in [3.8, 4) is 0 Å². The number of aromatic nitrogens is 3. The average molecular weight is 328 g/mol. The van der Waals surface area contributed by atoms with Crippen LogP contribution in [0.3, 0.4) is 0 Å². The maximum Gasteiger partial charge on any atom is 0.273 e. The lowest BCUT2D eigenvalue weighted by Crippen LogP contribution is -2.45. The van der Waals surface area contributed by atoms with Gasteiger partial charge in [0.1, 0.15) is 0 Å². The predicted octanol–water partition coefficient (Wildman–Crippen LogP) is 1.29. The van der Waals surface area contributed by atoms with E-state index in [9.17, 15) is 4.79 Å². The lowest BCUT2D eigenvalue weighted by molar-refractivity contribution is 0.0925. The second-order valence-electron chi connectivity index (χ2n) is 4.90. The van der Waals surface area contributed by atoms with Crippen LogP contribution in [0.2, 0.25) is 0 Å². The fourth-order valence-electron chi connectivity index (χ4n) is 2.28. The molecule has 2 N–H and O–H groups in total. The Balaban J connectivity index is 0.00000161. The molecule has 0 spiro atoms. The van der Waals surface area contributed by atoms with Gasteiger partial charge in [-0.05, 0) is 30.8 Å². The highest BCUT2D eigenvalue weighted by Crippen LogP contribution is 2.10. The van der Waals surface area contributed by atoms with Crippen LogP contribution in [-0.4, -0.2) is 40.0 Å². The minimum Gasteiger partial charge on any atom is -0.347 e. The lowest BCUT2D eigenvalue weighted by atomic mass is 10.1. The van der Waals surface area contributed by atoms with E-state index in [-0.39, 0.29) is 24.4 Å². The molecule has 0 aliphatic carbocycles. The molecule has 114 valence electrons. The molecule has 3 rings (SSSR count). The van der Waals surface area contributed by atoms with Crippen LogP contribution < -0.4 is 10.6 Å². The first-order chi connectivity index (χ1) is 9.81. The van der Waals surface area contributed by atoms with E-state index in [1.807, 2.05) is 17.5 Å².